The van der Waals surface area contributed by atoms with Crippen molar-refractivity contribution in [2.75, 3.05) is 0 Å². The van der Waals surface area contributed by atoms with Crippen LogP contribution in [-0.4, -0.2) is 20.8 Å². The van der Waals surface area contributed by atoms with Crippen LogP contribution in [0.25, 0.3) is 5.69 Å². The molecule has 0 radical (unpaired) electrons. The zero-order chi connectivity index (χ0) is 24.0. The lowest BCUT2D eigenvalue weighted by atomic mass is 10.1. The quantitative estimate of drug-likeness (QED) is 0.605. The second-order valence-electron chi connectivity index (χ2n) is 7.70. The van der Waals surface area contributed by atoms with Crippen LogP contribution in [-0.2, 0) is 12.7 Å². The summed E-state index contributed by atoms with van der Waals surface area (Å²) in [6.07, 6.45) is -4.90. The largest absolute Gasteiger partial charge is 0.431 e. The number of amides is 1. The fraction of sp³-hybridized carbons (Fsp3) is 0.261. The van der Waals surface area contributed by atoms with Crippen molar-refractivity contribution in [2.24, 2.45) is 5.73 Å². The Hall–Kier alpha value is -3.62. The number of primary amides is 1. The predicted molar refractivity (Wildman–Crippen MR) is 113 cm³/mol. The number of hydrogen-bond acceptors (Lipinski definition) is 3. The molecule has 2 aromatic heterocycles. The van der Waals surface area contributed by atoms with Crippen molar-refractivity contribution >= 4 is 11.7 Å². The van der Waals surface area contributed by atoms with Gasteiger partial charge in [-0.05, 0) is 69.2 Å². The van der Waals surface area contributed by atoms with Crippen LogP contribution in [0.2, 0.25) is 0 Å². The number of benzene rings is 1. The third kappa shape index (κ3) is 4.10. The molecule has 1 aromatic carbocycles. The van der Waals surface area contributed by atoms with E-state index in [0.29, 0.717) is 17.5 Å². The van der Waals surface area contributed by atoms with Gasteiger partial charge in [-0.3, -0.25) is 19.0 Å². The second-order valence-corrected chi connectivity index (χ2v) is 7.70. The first kappa shape index (κ1) is 23.1. The molecule has 3 aromatic rings. The Morgan fingerprint density at radius 2 is 1.59 bits per heavy atom. The van der Waals surface area contributed by atoms with Crippen LogP contribution in [0.5, 0.6) is 0 Å². The molecule has 0 saturated heterocycles. The van der Waals surface area contributed by atoms with Gasteiger partial charge >= 0.3 is 6.18 Å². The van der Waals surface area contributed by atoms with Crippen LogP contribution >= 0.6 is 0 Å². The summed E-state index contributed by atoms with van der Waals surface area (Å²) in [6.45, 7) is 6.50. The van der Waals surface area contributed by atoms with Gasteiger partial charge in [0.15, 0.2) is 5.78 Å². The maximum atomic E-state index is 13.5. The summed E-state index contributed by atoms with van der Waals surface area (Å²) in [5.41, 5.74) is 6.27. The van der Waals surface area contributed by atoms with Gasteiger partial charge in [-0.1, -0.05) is 6.07 Å². The lowest BCUT2D eigenvalue weighted by Crippen LogP contribution is -2.35. The molecule has 0 spiro atoms. The van der Waals surface area contributed by atoms with E-state index in [1.807, 2.05) is 36.6 Å². The molecule has 0 aliphatic rings. The SMILES string of the molecule is Cc1ccc(-n2c(C)cc(C(=O)Cn3c(C(F)(F)F)ccc(C(N)=O)c3=O)c2C)cc1C. The van der Waals surface area contributed by atoms with Gasteiger partial charge in [0.2, 0.25) is 0 Å². The zero-order valence-corrected chi connectivity index (χ0v) is 18.0. The average Bonchev–Trinajstić information content (AvgIpc) is 2.98. The molecule has 6 nitrogen and oxygen atoms in total. The Morgan fingerprint density at radius 1 is 0.938 bits per heavy atom. The number of ketones is 1. The maximum absolute atomic E-state index is 13.5. The molecular weight excluding hydrogens is 423 g/mol. The van der Waals surface area contributed by atoms with Crippen molar-refractivity contribution in [1.29, 1.82) is 0 Å². The van der Waals surface area contributed by atoms with Crippen molar-refractivity contribution in [3.63, 3.8) is 0 Å². The van der Waals surface area contributed by atoms with Crippen molar-refractivity contribution in [3.8, 4) is 5.69 Å². The summed E-state index contributed by atoms with van der Waals surface area (Å²) in [5.74, 6) is -1.86. The van der Waals surface area contributed by atoms with Crippen LogP contribution in [0.15, 0.2) is 41.2 Å². The second kappa shape index (κ2) is 8.14. The molecule has 2 heterocycles. The van der Waals surface area contributed by atoms with Crippen LogP contribution in [0.3, 0.4) is 0 Å². The standard InChI is InChI=1S/C23H22F3N3O3/c1-12-5-6-16(9-13(12)2)29-14(3)10-18(15(29)4)19(30)11-28-20(23(24,25)26)8-7-17(21(27)31)22(28)32/h5-10H,11H2,1-4H3,(H2,27,31). The highest BCUT2D eigenvalue weighted by molar-refractivity contribution is 5.98. The van der Waals surface area contributed by atoms with Gasteiger partial charge in [0.05, 0.1) is 6.54 Å². The molecule has 0 fully saturated rings. The minimum Gasteiger partial charge on any atom is -0.365 e. The Bertz CT molecular complexity index is 1300. The first-order valence-corrected chi connectivity index (χ1v) is 9.73. The van der Waals surface area contributed by atoms with Crippen LogP contribution < -0.4 is 11.3 Å². The van der Waals surface area contributed by atoms with Gasteiger partial charge in [-0.15, -0.1) is 0 Å². The molecule has 32 heavy (non-hydrogen) atoms. The van der Waals surface area contributed by atoms with Gasteiger partial charge in [0.25, 0.3) is 11.5 Å². The molecular formula is C23H22F3N3O3. The molecule has 0 atom stereocenters. The number of halogens is 3. The lowest BCUT2D eigenvalue weighted by Gasteiger charge is -2.16. The highest BCUT2D eigenvalue weighted by Gasteiger charge is 2.36. The number of pyridine rings is 1. The Kier molecular flexibility index (Phi) is 5.86. The Morgan fingerprint density at radius 3 is 2.16 bits per heavy atom. The first-order valence-electron chi connectivity index (χ1n) is 9.73. The van der Waals surface area contributed by atoms with Crippen molar-refractivity contribution in [2.45, 2.75) is 40.4 Å². The monoisotopic (exact) mass is 445 g/mol. The molecule has 0 aliphatic heterocycles. The minimum absolute atomic E-state index is 0.185. The van der Waals surface area contributed by atoms with Crippen molar-refractivity contribution < 1.29 is 22.8 Å². The number of hydrogen-bond donors (Lipinski definition) is 1. The number of aryl methyl sites for hydroxylation is 3. The number of carbonyl (C=O) groups excluding carboxylic acids is 2. The van der Waals surface area contributed by atoms with E-state index in [0.717, 1.165) is 22.9 Å². The van der Waals surface area contributed by atoms with E-state index >= 15 is 0 Å². The van der Waals surface area contributed by atoms with Crippen LogP contribution in [0, 0.1) is 27.7 Å². The normalized spacial score (nSPS) is 11.6. The Balaban J connectivity index is 2.09. The Labute approximate surface area is 182 Å². The fourth-order valence-electron chi connectivity index (χ4n) is 3.71. The topological polar surface area (TPSA) is 87.1 Å². The van der Waals surface area contributed by atoms with Gasteiger partial charge in [0.1, 0.15) is 11.3 Å². The molecule has 0 bridgehead atoms. The first-order chi connectivity index (χ1) is 14.8. The predicted octanol–water partition coefficient (Wildman–Crippen LogP) is 3.87. The molecule has 9 heteroatoms. The molecule has 2 N–H and O–H groups in total. The number of nitrogens with zero attached hydrogens (tertiary/aromatic N) is 2. The van der Waals surface area contributed by atoms with E-state index in [2.05, 4.69) is 0 Å². The molecule has 3 rings (SSSR count). The number of nitrogens with two attached hydrogens (primary N) is 1. The third-order valence-corrected chi connectivity index (χ3v) is 5.51. The lowest BCUT2D eigenvalue weighted by molar-refractivity contribution is -0.144. The average molecular weight is 445 g/mol. The van der Waals surface area contributed by atoms with Gasteiger partial charge in [0, 0.05) is 22.6 Å². The maximum Gasteiger partial charge on any atom is 0.431 e. The third-order valence-electron chi connectivity index (χ3n) is 5.51. The van der Waals surface area contributed by atoms with Crippen molar-refractivity contribution in [1.82, 2.24) is 9.13 Å². The molecule has 0 saturated carbocycles. The highest BCUT2D eigenvalue weighted by atomic mass is 19.4. The highest BCUT2D eigenvalue weighted by Crippen LogP contribution is 2.29. The number of alkyl halides is 3. The number of rotatable bonds is 5. The summed E-state index contributed by atoms with van der Waals surface area (Å²) in [7, 11) is 0. The van der Waals surface area contributed by atoms with E-state index < -0.39 is 41.2 Å². The van der Waals surface area contributed by atoms with E-state index in [1.54, 1.807) is 19.9 Å². The zero-order valence-electron chi connectivity index (χ0n) is 18.0. The molecule has 1 amide bonds. The van der Waals surface area contributed by atoms with Gasteiger partial charge in [-0.2, -0.15) is 13.2 Å². The van der Waals surface area contributed by atoms with E-state index in [1.165, 1.54) is 0 Å². The summed E-state index contributed by atoms with van der Waals surface area (Å²) in [6, 6.07) is 8.65. The van der Waals surface area contributed by atoms with E-state index in [-0.39, 0.29) is 10.1 Å². The smallest absolute Gasteiger partial charge is 0.365 e. The summed E-state index contributed by atoms with van der Waals surface area (Å²) in [4.78, 5) is 36.9. The number of carbonyl (C=O) groups is 2. The van der Waals surface area contributed by atoms with E-state index in [9.17, 15) is 27.6 Å². The molecule has 0 unspecified atom stereocenters. The molecule has 0 aliphatic carbocycles. The van der Waals surface area contributed by atoms with Crippen molar-refractivity contribution in [3.05, 3.63) is 86.1 Å². The van der Waals surface area contributed by atoms with Crippen LogP contribution in [0.1, 0.15) is 48.9 Å². The van der Waals surface area contributed by atoms with E-state index in [4.69, 9.17) is 5.73 Å². The number of aromatic nitrogens is 2. The summed E-state index contributed by atoms with van der Waals surface area (Å²) >= 11 is 0. The minimum atomic E-state index is -4.90. The van der Waals surface area contributed by atoms with Gasteiger partial charge < -0.3 is 10.3 Å². The summed E-state index contributed by atoms with van der Waals surface area (Å²) < 4.78 is 42.5. The number of Topliss-reactive ketones (excluding diaryl/α,β-unsaturated/α-hetero) is 1. The van der Waals surface area contributed by atoms with Crippen LogP contribution in [0.4, 0.5) is 13.2 Å². The molecule has 168 valence electrons. The van der Waals surface area contributed by atoms with Gasteiger partial charge in [-0.25, -0.2) is 0 Å². The fourth-order valence-corrected chi connectivity index (χ4v) is 3.71. The summed E-state index contributed by atoms with van der Waals surface area (Å²) in [5, 5.41) is 0.